The van der Waals surface area contributed by atoms with Gasteiger partial charge in [-0.25, -0.2) is 14.3 Å². The highest BCUT2D eigenvalue weighted by Gasteiger charge is 2.32. The summed E-state index contributed by atoms with van der Waals surface area (Å²) in [5, 5.41) is 4.75. The lowest BCUT2D eigenvalue weighted by molar-refractivity contribution is 0.0549. The van der Waals surface area contributed by atoms with Crippen LogP contribution >= 0.6 is 0 Å². The van der Waals surface area contributed by atoms with E-state index in [4.69, 9.17) is 14.6 Å². The topological polar surface area (TPSA) is 73.7 Å². The number of methoxy groups -OCH3 is 2. The van der Waals surface area contributed by atoms with Crippen LogP contribution < -0.4 is 0 Å². The second kappa shape index (κ2) is 11.4. The van der Waals surface area contributed by atoms with Crippen LogP contribution in [0.5, 0.6) is 0 Å². The molecule has 0 N–H and O–H groups in total. The van der Waals surface area contributed by atoms with E-state index in [-0.39, 0.29) is 11.3 Å². The lowest BCUT2D eigenvalue weighted by Crippen LogP contribution is -2.25. The van der Waals surface area contributed by atoms with Gasteiger partial charge in [0.1, 0.15) is 11.3 Å². The molecule has 33 heavy (non-hydrogen) atoms. The number of benzene rings is 2. The van der Waals surface area contributed by atoms with E-state index in [1.165, 1.54) is 18.9 Å². The number of para-hydroxylation sites is 1. The lowest BCUT2D eigenvalue weighted by Gasteiger charge is -2.22. The Morgan fingerprint density at radius 1 is 0.879 bits per heavy atom. The van der Waals surface area contributed by atoms with Gasteiger partial charge in [-0.3, -0.25) is 4.90 Å². The smallest absolute Gasteiger partial charge is 0.357 e. The van der Waals surface area contributed by atoms with Crippen LogP contribution in [0.1, 0.15) is 53.1 Å². The Bertz CT molecular complexity index is 1090. The van der Waals surface area contributed by atoms with Gasteiger partial charge in [0.05, 0.1) is 19.9 Å². The Kier molecular flexibility index (Phi) is 8.38. The molecule has 174 valence electrons. The Labute approximate surface area is 194 Å². The lowest BCUT2D eigenvalue weighted by atomic mass is 9.99. The maximum absolute atomic E-state index is 12.9. The number of esters is 2. The van der Waals surface area contributed by atoms with Gasteiger partial charge in [-0.2, -0.15) is 5.10 Å². The Balaban J connectivity index is 2.25. The molecule has 0 aliphatic rings. The minimum absolute atomic E-state index is 0.0410. The van der Waals surface area contributed by atoms with Crippen molar-refractivity contribution in [2.75, 3.05) is 27.3 Å². The van der Waals surface area contributed by atoms with Crippen LogP contribution in [0.2, 0.25) is 0 Å². The number of nitrogens with zero attached hydrogens (tertiary/aromatic N) is 3. The molecule has 0 saturated heterocycles. The number of carbonyl (C=O) groups is 2. The SMILES string of the molecule is CCCN(CCC)Cc1ccccc1-c1nn(-c2ccccc2)c(C(=O)OC)c1C(=O)OC. The summed E-state index contributed by atoms with van der Waals surface area (Å²) in [6.45, 7) is 6.97. The maximum atomic E-state index is 12.9. The Hall–Kier alpha value is -3.45. The molecule has 0 saturated carbocycles. The molecular formula is C26H31N3O4. The molecule has 1 heterocycles. The van der Waals surface area contributed by atoms with Crippen molar-refractivity contribution in [2.45, 2.75) is 33.2 Å². The minimum Gasteiger partial charge on any atom is -0.465 e. The van der Waals surface area contributed by atoms with E-state index < -0.39 is 11.9 Å². The summed E-state index contributed by atoms with van der Waals surface area (Å²) in [5.74, 6) is -1.30. The van der Waals surface area contributed by atoms with Crippen molar-refractivity contribution in [2.24, 2.45) is 0 Å². The molecule has 0 amide bonds. The van der Waals surface area contributed by atoms with Crippen molar-refractivity contribution in [1.29, 1.82) is 0 Å². The largest absolute Gasteiger partial charge is 0.465 e. The quantitative estimate of drug-likeness (QED) is 0.417. The zero-order valence-electron chi connectivity index (χ0n) is 19.7. The molecule has 0 aliphatic heterocycles. The predicted molar refractivity (Wildman–Crippen MR) is 128 cm³/mol. The monoisotopic (exact) mass is 449 g/mol. The first kappa shape index (κ1) is 24.2. The van der Waals surface area contributed by atoms with Crippen molar-refractivity contribution in [1.82, 2.24) is 14.7 Å². The zero-order chi connectivity index (χ0) is 23.8. The molecule has 0 unspecified atom stereocenters. The van der Waals surface area contributed by atoms with Crippen LogP contribution in [0.3, 0.4) is 0 Å². The number of aromatic nitrogens is 2. The highest BCUT2D eigenvalue weighted by atomic mass is 16.5. The summed E-state index contributed by atoms with van der Waals surface area (Å²) in [4.78, 5) is 28.1. The molecule has 3 aromatic rings. The highest BCUT2D eigenvalue weighted by Crippen LogP contribution is 2.32. The molecule has 2 aromatic carbocycles. The number of hydrogen-bond acceptors (Lipinski definition) is 6. The first-order chi connectivity index (χ1) is 16.0. The van der Waals surface area contributed by atoms with Crippen LogP contribution in [0.4, 0.5) is 0 Å². The summed E-state index contributed by atoms with van der Waals surface area (Å²) in [7, 11) is 2.58. The molecule has 0 fully saturated rings. The molecule has 0 spiro atoms. The van der Waals surface area contributed by atoms with Gasteiger partial charge in [0.25, 0.3) is 0 Å². The first-order valence-electron chi connectivity index (χ1n) is 11.2. The van der Waals surface area contributed by atoms with E-state index in [1.807, 2.05) is 54.6 Å². The second-order valence-corrected chi connectivity index (χ2v) is 7.74. The fourth-order valence-electron chi connectivity index (χ4n) is 3.98. The van der Waals surface area contributed by atoms with Crippen molar-refractivity contribution in [3.8, 4) is 16.9 Å². The molecule has 0 atom stereocenters. The summed E-state index contributed by atoms with van der Waals surface area (Å²) in [6.07, 6.45) is 2.09. The summed E-state index contributed by atoms with van der Waals surface area (Å²) >= 11 is 0. The normalized spacial score (nSPS) is 10.9. The Morgan fingerprint density at radius 3 is 2.09 bits per heavy atom. The van der Waals surface area contributed by atoms with E-state index in [2.05, 4.69) is 18.7 Å². The number of ether oxygens (including phenoxy) is 2. The van der Waals surface area contributed by atoms with Crippen LogP contribution in [-0.4, -0.2) is 53.9 Å². The zero-order valence-corrected chi connectivity index (χ0v) is 19.7. The van der Waals surface area contributed by atoms with Crippen LogP contribution in [0, 0.1) is 0 Å². The number of carbonyl (C=O) groups excluding carboxylic acids is 2. The van der Waals surface area contributed by atoms with Crippen molar-refractivity contribution < 1.29 is 19.1 Å². The van der Waals surface area contributed by atoms with Gasteiger partial charge in [0.15, 0.2) is 5.69 Å². The van der Waals surface area contributed by atoms with Crippen molar-refractivity contribution in [3.05, 3.63) is 71.4 Å². The molecule has 3 rings (SSSR count). The first-order valence-corrected chi connectivity index (χ1v) is 11.2. The summed E-state index contributed by atoms with van der Waals surface area (Å²) in [5.41, 5.74) is 2.99. The van der Waals surface area contributed by atoms with Gasteiger partial charge in [-0.1, -0.05) is 56.3 Å². The Morgan fingerprint density at radius 2 is 1.48 bits per heavy atom. The summed E-state index contributed by atoms with van der Waals surface area (Å²) in [6, 6.07) is 17.0. The van der Waals surface area contributed by atoms with Gasteiger partial charge in [-0.05, 0) is 43.6 Å². The number of rotatable bonds is 10. The van der Waals surface area contributed by atoms with E-state index >= 15 is 0 Å². The predicted octanol–water partition coefficient (Wildman–Crippen LogP) is 4.73. The third kappa shape index (κ3) is 5.31. The molecule has 7 heteroatoms. The average molecular weight is 450 g/mol. The van der Waals surface area contributed by atoms with Gasteiger partial charge in [0.2, 0.25) is 0 Å². The van der Waals surface area contributed by atoms with Gasteiger partial charge in [-0.15, -0.1) is 0 Å². The van der Waals surface area contributed by atoms with Crippen molar-refractivity contribution in [3.63, 3.8) is 0 Å². The highest BCUT2D eigenvalue weighted by molar-refractivity contribution is 6.07. The van der Waals surface area contributed by atoms with Gasteiger partial charge < -0.3 is 9.47 Å². The van der Waals surface area contributed by atoms with Gasteiger partial charge >= 0.3 is 11.9 Å². The van der Waals surface area contributed by atoms with E-state index in [9.17, 15) is 9.59 Å². The fourth-order valence-corrected chi connectivity index (χ4v) is 3.98. The van der Waals surface area contributed by atoms with E-state index in [0.29, 0.717) is 17.9 Å². The maximum Gasteiger partial charge on any atom is 0.357 e. The summed E-state index contributed by atoms with van der Waals surface area (Å²) < 4.78 is 11.6. The van der Waals surface area contributed by atoms with Crippen molar-refractivity contribution >= 4 is 11.9 Å². The van der Waals surface area contributed by atoms with E-state index in [0.717, 1.165) is 37.1 Å². The molecular weight excluding hydrogens is 418 g/mol. The molecule has 0 aliphatic carbocycles. The van der Waals surface area contributed by atoms with E-state index in [1.54, 1.807) is 0 Å². The van der Waals surface area contributed by atoms with Crippen LogP contribution in [0.25, 0.3) is 16.9 Å². The number of hydrogen-bond donors (Lipinski definition) is 0. The molecule has 1 aromatic heterocycles. The molecule has 0 radical (unpaired) electrons. The average Bonchev–Trinajstić information content (AvgIpc) is 3.25. The second-order valence-electron chi connectivity index (χ2n) is 7.74. The van der Waals surface area contributed by atoms with Crippen LogP contribution in [-0.2, 0) is 16.0 Å². The minimum atomic E-state index is -0.658. The fraction of sp³-hybridized carbons (Fsp3) is 0.346. The third-order valence-electron chi connectivity index (χ3n) is 5.40. The third-order valence-corrected chi connectivity index (χ3v) is 5.40. The molecule has 7 nitrogen and oxygen atoms in total. The molecule has 0 bridgehead atoms. The van der Waals surface area contributed by atoms with Crippen LogP contribution in [0.15, 0.2) is 54.6 Å². The van der Waals surface area contributed by atoms with Gasteiger partial charge in [0, 0.05) is 12.1 Å². The standard InChI is InChI=1S/C26H31N3O4/c1-5-16-28(17-6-2)18-19-12-10-11-15-21(19)23-22(25(30)32-3)24(26(31)33-4)29(27-23)20-13-8-7-9-14-20/h7-15H,5-6,16-18H2,1-4H3.